The molecule has 102 valence electrons. The van der Waals surface area contributed by atoms with Crippen LogP contribution in [0.2, 0.25) is 0 Å². The molecule has 4 heteroatoms. The Balaban J connectivity index is 1.93. The molecular formula is C16H13Br2NO. The van der Waals surface area contributed by atoms with Crippen LogP contribution >= 0.6 is 31.9 Å². The second-order valence-corrected chi connectivity index (χ2v) is 6.71. The first-order chi connectivity index (χ1) is 9.63. The van der Waals surface area contributed by atoms with Crippen molar-refractivity contribution >= 4 is 43.5 Å². The largest absolute Gasteiger partial charge is 0.308 e. The Kier molecular flexibility index (Phi) is 3.94. The number of rotatable bonds is 2. The van der Waals surface area contributed by atoms with Crippen LogP contribution in [-0.2, 0) is 17.8 Å². The predicted octanol–water partition coefficient (Wildman–Crippen LogP) is 4.69. The molecule has 20 heavy (non-hydrogen) atoms. The minimum atomic E-state index is 0.197. The molecule has 1 aliphatic rings. The summed E-state index contributed by atoms with van der Waals surface area (Å²) in [5.41, 5.74) is 3.40. The zero-order chi connectivity index (χ0) is 14.1. The highest BCUT2D eigenvalue weighted by Crippen LogP contribution is 2.31. The standard InChI is InChI=1S/C16H13Br2NO/c17-13-4-1-11(2-5-13)10-19-15-7-6-14(18)9-12(15)3-8-16(19)20/h1-2,4-7,9H,3,8,10H2. The van der Waals surface area contributed by atoms with Crippen LogP contribution in [0, 0.1) is 0 Å². The van der Waals surface area contributed by atoms with Crippen LogP contribution in [0.1, 0.15) is 17.5 Å². The minimum Gasteiger partial charge on any atom is -0.308 e. The van der Waals surface area contributed by atoms with Crippen molar-refractivity contribution in [1.29, 1.82) is 0 Å². The molecule has 0 fully saturated rings. The van der Waals surface area contributed by atoms with Gasteiger partial charge in [0.05, 0.1) is 6.54 Å². The molecule has 0 radical (unpaired) electrons. The number of benzene rings is 2. The molecule has 0 saturated heterocycles. The zero-order valence-electron chi connectivity index (χ0n) is 10.8. The zero-order valence-corrected chi connectivity index (χ0v) is 13.9. The second-order valence-electron chi connectivity index (χ2n) is 4.88. The summed E-state index contributed by atoms with van der Waals surface area (Å²) in [5.74, 6) is 0.197. The lowest BCUT2D eigenvalue weighted by atomic mass is 10.0. The highest BCUT2D eigenvalue weighted by atomic mass is 79.9. The van der Waals surface area contributed by atoms with E-state index in [2.05, 4.69) is 37.9 Å². The summed E-state index contributed by atoms with van der Waals surface area (Å²) >= 11 is 6.92. The van der Waals surface area contributed by atoms with Crippen LogP contribution < -0.4 is 4.90 Å². The smallest absolute Gasteiger partial charge is 0.227 e. The average molecular weight is 395 g/mol. The summed E-state index contributed by atoms with van der Waals surface area (Å²) in [6.45, 7) is 0.626. The number of aryl methyl sites for hydroxylation is 1. The third-order valence-corrected chi connectivity index (χ3v) is 4.52. The SMILES string of the molecule is O=C1CCc2cc(Br)ccc2N1Cc1ccc(Br)cc1. The summed E-state index contributed by atoms with van der Waals surface area (Å²) in [6, 6.07) is 14.2. The van der Waals surface area contributed by atoms with Crippen molar-refractivity contribution < 1.29 is 4.79 Å². The van der Waals surface area contributed by atoms with Crippen LogP contribution in [0.5, 0.6) is 0 Å². The molecule has 0 unspecified atom stereocenters. The van der Waals surface area contributed by atoms with Gasteiger partial charge >= 0.3 is 0 Å². The Morgan fingerprint density at radius 2 is 1.65 bits per heavy atom. The summed E-state index contributed by atoms with van der Waals surface area (Å²) in [6.07, 6.45) is 1.41. The molecule has 0 aromatic heterocycles. The average Bonchev–Trinajstić information content (AvgIpc) is 2.44. The van der Waals surface area contributed by atoms with Crippen molar-refractivity contribution in [3.63, 3.8) is 0 Å². The molecule has 0 saturated carbocycles. The Morgan fingerprint density at radius 1 is 0.950 bits per heavy atom. The number of nitrogens with zero attached hydrogens (tertiary/aromatic N) is 1. The maximum atomic E-state index is 12.2. The Bertz CT molecular complexity index is 652. The molecule has 1 heterocycles. The van der Waals surface area contributed by atoms with Crippen molar-refractivity contribution in [1.82, 2.24) is 0 Å². The van der Waals surface area contributed by atoms with Gasteiger partial charge in [0, 0.05) is 21.1 Å². The van der Waals surface area contributed by atoms with Crippen molar-refractivity contribution in [3.05, 3.63) is 62.5 Å². The first kappa shape index (κ1) is 13.8. The summed E-state index contributed by atoms with van der Waals surface area (Å²) in [4.78, 5) is 14.1. The lowest BCUT2D eigenvalue weighted by molar-refractivity contribution is -0.119. The number of fused-ring (bicyclic) bond motifs is 1. The molecule has 2 aromatic carbocycles. The van der Waals surface area contributed by atoms with Gasteiger partial charge in [-0.15, -0.1) is 0 Å². The monoisotopic (exact) mass is 393 g/mol. The lowest BCUT2D eigenvalue weighted by Crippen LogP contribution is -2.34. The van der Waals surface area contributed by atoms with Gasteiger partial charge in [-0.3, -0.25) is 4.79 Å². The number of halogens is 2. The van der Waals surface area contributed by atoms with E-state index < -0.39 is 0 Å². The fraction of sp³-hybridized carbons (Fsp3) is 0.188. The van der Waals surface area contributed by atoms with Crippen LogP contribution in [0.3, 0.4) is 0 Å². The Labute approximate surface area is 135 Å². The highest BCUT2D eigenvalue weighted by molar-refractivity contribution is 9.10. The lowest BCUT2D eigenvalue weighted by Gasteiger charge is -2.29. The fourth-order valence-electron chi connectivity index (χ4n) is 2.47. The highest BCUT2D eigenvalue weighted by Gasteiger charge is 2.24. The van der Waals surface area contributed by atoms with Crippen molar-refractivity contribution in [2.75, 3.05) is 4.90 Å². The topological polar surface area (TPSA) is 20.3 Å². The van der Waals surface area contributed by atoms with Crippen molar-refractivity contribution in [2.24, 2.45) is 0 Å². The van der Waals surface area contributed by atoms with Crippen LogP contribution in [0.25, 0.3) is 0 Å². The van der Waals surface area contributed by atoms with Gasteiger partial charge in [0.25, 0.3) is 0 Å². The van der Waals surface area contributed by atoms with E-state index in [0.29, 0.717) is 13.0 Å². The number of carbonyl (C=O) groups excluding carboxylic acids is 1. The van der Waals surface area contributed by atoms with Gasteiger partial charge < -0.3 is 4.90 Å². The molecule has 0 spiro atoms. The Morgan fingerprint density at radius 3 is 2.40 bits per heavy atom. The minimum absolute atomic E-state index is 0.197. The number of hydrogen-bond donors (Lipinski definition) is 0. The predicted molar refractivity (Wildman–Crippen MR) is 87.8 cm³/mol. The number of hydrogen-bond acceptors (Lipinski definition) is 1. The summed E-state index contributed by atoms with van der Waals surface area (Å²) < 4.78 is 2.12. The van der Waals surface area contributed by atoms with Gasteiger partial charge in [0.1, 0.15) is 0 Å². The van der Waals surface area contributed by atoms with Crippen LogP contribution in [0.15, 0.2) is 51.4 Å². The van der Waals surface area contributed by atoms with E-state index in [1.807, 2.05) is 41.3 Å². The van der Waals surface area contributed by atoms with Gasteiger partial charge in [-0.25, -0.2) is 0 Å². The molecule has 2 nitrogen and oxygen atoms in total. The third-order valence-electron chi connectivity index (χ3n) is 3.50. The van der Waals surface area contributed by atoms with Crippen LogP contribution in [0.4, 0.5) is 5.69 Å². The van der Waals surface area contributed by atoms with E-state index in [4.69, 9.17) is 0 Å². The first-order valence-corrected chi connectivity index (χ1v) is 8.05. The van der Waals surface area contributed by atoms with E-state index >= 15 is 0 Å². The van der Waals surface area contributed by atoms with Gasteiger partial charge in [0.15, 0.2) is 0 Å². The molecule has 0 N–H and O–H groups in total. The molecule has 0 atom stereocenters. The normalized spacial score (nSPS) is 14.3. The van der Waals surface area contributed by atoms with Crippen molar-refractivity contribution in [2.45, 2.75) is 19.4 Å². The quantitative estimate of drug-likeness (QED) is 0.723. The van der Waals surface area contributed by atoms with E-state index in [0.717, 1.165) is 26.6 Å². The number of anilines is 1. The van der Waals surface area contributed by atoms with Gasteiger partial charge in [-0.2, -0.15) is 0 Å². The molecule has 2 aromatic rings. The van der Waals surface area contributed by atoms with Crippen LogP contribution in [-0.4, -0.2) is 5.91 Å². The van der Waals surface area contributed by atoms with Gasteiger partial charge in [0.2, 0.25) is 5.91 Å². The van der Waals surface area contributed by atoms with E-state index in [1.165, 1.54) is 5.56 Å². The van der Waals surface area contributed by atoms with E-state index in [-0.39, 0.29) is 5.91 Å². The summed E-state index contributed by atoms with van der Waals surface area (Å²) in [5, 5.41) is 0. The maximum Gasteiger partial charge on any atom is 0.227 e. The van der Waals surface area contributed by atoms with E-state index in [1.54, 1.807) is 0 Å². The van der Waals surface area contributed by atoms with E-state index in [9.17, 15) is 4.79 Å². The Hall–Kier alpha value is -1.13. The van der Waals surface area contributed by atoms with Crippen molar-refractivity contribution in [3.8, 4) is 0 Å². The maximum absolute atomic E-state index is 12.2. The summed E-state index contributed by atoms with van der Waals surface area (Å²) in [7, 11) is 0. The molecule has 1 aliphatic heterocycles. The molecule has 3 rings (SSSR count). The molecule has 1 amide bonds. The molecule has 0 bridgehead atoms. The second kappa shape index (κ2) is 5.70. The number of amides is 1. The van der Waals surface area contributed by atoms with Gasteiger partial charge in [-0.05, 0) is 47.9 Å². The van der Waals surface area contributed by atoms with Gasteiger partial charge in [-0.1, -0.05) is 44.0 Å². The first-order valence-electron chi connectivity index (χ1n) is 6.47. The molecule has 0 aliphatic carbocycles. The third kappa shape index (κ3) is 2.81. The fourth-order valence-corrected chi connectivity index (χ4v) is 3.15. The number of carbonyl (C=O) groups is 1. The molecular weight excluding hydrogens is 382 g/mol.